The summed E-state index contributed by atoms with van der Waals surface area (Å²) in [5.74, 6) is 0.877. The van der Waals surface area contributed by atoms with Crippen molar-refractivity contribution in [3.05, 3.63) is 75.7 Å². The van der Waals surface area contributed by atoms with E-state index in [9.17, 15) is 4.79 Å². The molecule has 7 heteroatoms. The first-order chi connectivity index (χ1) is 15.0. The van der Waals surface area contributed by atoms with Crippen molar-refractivity contribution in [1.82, 2.24) is 4.90 Å². The number of nitrogens with zero attached hydrogens (tertiary/aromatic N) is 2. The third kappa shape index (κ3) is 4.27. The van der Waals surface area contributed by atoms with Crippen molar-refractivity contribution in [2.75, 3.05) is 21.2 Å². The van der Waals surface area contributed by atoms with Gasteiger partial charge in [-0.25, -0.2) is 0 Å². The predicted molar refractivity (Wildman–Crippen MR) is 128 cm³/mol. The van der Waals surface area contributed by atoms with Crippen LogP contribution in [0.2, 0.25) is 5.02 Å². The minimum Gasteiger partial charge on any atom is -0.493 e. The molecule has 1 heterocycles. The molecular weight excluding hydrogens is 432 g/mol. The number of likely N-dealkylation sites (N-methyl/N-ethyl adjacent to an activating group) is 1. The van der Waals surface area contributed by atoms with Gasteiger partial charge in [0.25, 0.3) is 5.91 Å². The quantitative estimate of drug-likeness (QED) is 0.472. The van der Waals surface area contributed by atoms with Crippen LogP contribution in [0.15, 0.2) is 64.5 Å². The highest BCUT2D eigenvalue weighted by Crippen LogP contribution is 2.39. The van der Waals surface area contributed by atoms with Gasteiger partial charge >= 0.3 is 0 Å². The highest BCUT2D eigenvalue weighted by Gasteiger charge is 2.29. The van der Waals surface area contributed by atoms with Gasteiger partial charge in [0.05, 0.1) is 17.0 Å². The van der Waals surface area contributed by atoms with Crippen LogP contribution >= 0.6 is 23.4 Å². The lowest BCUT2D eigenvalue weighted by molar-refractivity contribution is -0.121. The predicted octanol–water partition coefficient (Wildman–Crippen LogP) is 5.61. The Bertz CT molecular complexity index is 1220. The topological polar surface area (TPSA) is 51.1 Å². The Hall–Kier alpha value is -2.96. The molecule has 4 rings (SSSR count). The molecule has 31 heavy (non-hydrogen) atoms. The maximum absolute atomic E-state index is 12.4. The molecule has 0 aliphatic carbocycles. The molecule has 3 aromatic carbocycles. The van der Waals surface area contributed by atoms with E-state index >= 15 is 0 Å². The second-order valence-electron chi connectivity index (χ2n) is 6.94. The summed E-state index contributed by atoms with van der Waals surface area (Å²) in [5, 5.41) is 3.36. The third-order valence-corrected chi connectivity index (χ3v) is 6.43. The van der Waals surface area contributed by atoms with Crippen LogP contribution in [0.3, 0.4) is 0 Å². The van der Waals surface area contributed by atoms with Crippen molar-refractivity contribution in [1.29, 1.82) is 0 Å². The lowest BCUT2D eigenvalue weighted by atomic mass is 10.1. The summed E-state index contributed by atoms with van der Waals surface area (Å²) < 4.78 is 11.6. The van der Waals surface area contributed by atoms with E-state index < -0.39 is 0 Å². The fourth-order valence-corrected chi connectivity index (χ4v) is 4.63. The van der Waals surface area contributed by atoms with Crippen LogP contribution in [-0.2, 0) is 11.4 Å². The zero-order chi connectivity index (χ0) is 22.0. The normalized spacial score (nSPS) is 16.5. The van der Waals surface area contributed by atoms with Gasteiger partial charge in [-0.15, -0.1) is 0 Å². The van der Waals surface area contributed by atoms with Crippen molar-refractivity contribution in [3.63, 3.8) is 0 Å². The average Bonchev–Trinajstić information content (AvgIpc) is 3.05. The van der Waals surface area contributed by atoms with E-state index in [1.807, 2.05) is 30.3 Å². The fourth-order valence-electron chi connectivity index (χ4n) is 3.43. The van der Waals surface area contributed by atoms with Gasteiger partial charge < -0.3 is 9.47 Å². The second-order valence-corrected chi connectivity index (χ2v) is 8.36. The molecule has 0 N–H and O–H groups in total. The third-order valence-electron chi connectivity index (χ3n) is 5.00. The number of halogens is 1. The Labute approximate surface area is 190 Å². The molecule has 0 atom stereocenters. The first-order valence-electron chi connectivity index (χ1n) is 9.63. The number of amidine groups is 1. The number of benzene rings is 3. The zero-order valence-corrected chi connectivity index (χ0v) is 19.0. The Morgan fingerprint density at radius 2 is 1.94 bits per heavy atom. The highest BCUT2D eigenvalue weighted by atomic mass is 35.5. The van der Waals surface area contributed by atoms with Gasteiger partial charge in [-0.3, -0.25) is 14.7 Å². The van der Waals surface area contributed by atoms with Crippen LogP contribution in [-0.4, -0.2) is 37.2 Å². The van der Waals surface area contributed by atoms with E-state index in [2.05, 4.69) is 23.2 Å². The van der Waals surface area contributed by atoms with E-state index in [-0.39, 0.29) is 5.91 Å². The van der Waals surface area contributed by atoms with Crippen LogP contribution in [0.1, 0.15) is 11.1 Å². The van der Waals surface area contributed by atoms with Gasteiger partial charge in [0.15, 0.2) is 16.7 Å². The molecule has 158 valence electrons. The molecule has 0 unspecified atom stereocenters. The second kappa shape index (κ2) is 9.04. The Morgan fingerprint density at radius 1 is 1.16 bits per heavy atom. The number of methoxy groups -OCH3 is 1. The summed E-state index contributed by atoms with van der Waals surface area (Å²) in [6.45, 7) is 0.354. The fraction of sp³-hybridized carbons (Fsp3) is 0.167. The summed E-state index contributed by atoms with van der Waals surface area (Å²) in [6, 6.07) is 17.9. The number of fused-ring (bicyclic) bond motifs is 1. The van der Waals surface area contributed by atoms with Crippen LogP contribution in [0.5, 0.6) is 11.5 Å². The average molecular weight is 453 g/mol. The van der Waals surface area contributed by atoms with Crippen LogP contribution in [0, 0.1) is 0 Å². The zero-order valence-electron chi connectivity index (χ0n) is 17.4. The number of hydrogen-bond donors (Lipinski definition) is 0. The van der Waals surface area contributed by atoms with Crippen molar-refractivity contribution in [2.24, 2.45) is 4.99 Å². The van der Waals surface area contributed by atoms with E-state index in [0.29, 0.717) is 33.2 Å². The first kappa shape index (κ1) is 21.3. The smallest absolute Gasteiger partial charge is 0.266 e. The summed E-state index contributed by atoms with van der Waals surface area (Å²) in [4.78, 5) is 18.6. The van der Waals surface area contributed by atoms with Crippen LogP contribution in [0.4, 0.5) is 0 Å². The molecule has 0 aromatic heterocycles. The highest BCUT2D eigenvalue weighted by molar-refractivity contribution is 8.18. The number of carbonyl (C=O) groups excluding carboxylic acids is 1. The molecule has 1 saturated heterocycles. The van der Waals surface area contributed by atoms with Gasteiger partial charge in [-0.1, -0.05) is 54.1 Å². The lowest BCUT2D eigenvalue weighted by Gasteiger charge is -2.14. The van der Waals surface area contributed by atoms with E-state index in [4.69, 9.17) is 21.1 Å². The largest absolute Gasteiger partial charge is 0.493 e. The van der Waals surface area contributed by atoms with Gasteiger partial charge in [0, 0.05) is 14.1 Å². The molecule has 5 nitrogen and oxygen atoms in total. The van der Waals surface area contributed by atoms with Crippen LogP contribution in [0.25, 0.3) is 16.8 Å². The van der Waals surface area contributed by atoms with Crippen molar-refractivity contribution in [2.45, 2.75) is 6.61 Å². The maximum Gasteiger partial charge on any atom is 0.266 e. The number of amides is 1. The molecule has 0 radical (unpaired) electrons. The molecule has 0 bridgehead atoms. The molecular formula is C24H21ClN2O3S. The number of aliphatic imine (C=N–C) groups is 1. The SMILES string of the molecule is CN=C1S/C(=C/c2cc(Cl)c(OCc3cccc4ccccc34)c(OC)c2)C(=O)N1C. The lowest BCUT2D eigenvalue weighted by Crippen LogP contribution is -2.23. The summed E-state index contributed by atoms with van der Waals surface area (Å²) in [7, 11) is 4.94. The van der Waals surface area contributed by atoms with E-state index in [0.717, 1.165) is 21.9 Å². The van der Waals surface area contributed by atoms with Crippen LogP contribution < -0.4 is 9.47 Å². The minimum atomic E-state index is -0.100. The number of carbonyl (C=O) groups is 1. The molecule has 1 fully saturated rings. The number of thioether (sulfide) groups is 1. The number of hydrogen-bond acceptors (Lipinski definition) is 5. The van der Waals surface area contributed by atoms with Gasteiger partial charge in [0.2, 0.25) is 0 Å². The number of ether oxygens (including phenoxy) is 2. The minimum absolute atomic E-state index is 0.100. The number of rotatable bonds is 5. The molecule has 0 spiro atoms. The molecule has 3 aromatic rings. The summed E-state index contributed by atoms with van der Waals surface area (Å²) >= 11 is 7.87. The first-order valence-corrected chi connectivity index (χ1v) is 10.8. The van der Waals surface area contributed by atoms with Gasteiger partial charge in [-0.05, 0) is 51.9 Å². The standard InChI is InChI=1S/C24H21ClN2O3S/c1-26-24-27(2)23(28)21(31-24)13-15-11-19(25)22(20(12-15)29-3)30-14-17-9-6-8-16-7-4-5-10-18(16)17/h4-13H,14H2,1-3H3/b21-13+,26-24?. The maximum atomic E-state index is 12.4. The Morgan fingerprint density at radius 3 is 2.68 bits per heavy atom. The van der Waals surface area contributed by atoms with E-state index in [1.165, 1.54) is 16.7 Å². The van der Waals surface area contributed by atoms with Crippen molar-refractivity contribution >= 4 is 51.3 Å². The molecule has 1 amide bonds. The Kier molecular flexibility index (Phi) is 6.20. The summed E-state index contributed by atoms with van der Waals surface area (Å²) in [6.07, 6.45) is 1.78. The van der Waals surface area contributed by atoms with Gasteiger partial charge in [-0.2, -0.15) is 0 Å². The Balaban J connectivity index is 1.61. The van der Waals surface area contributed by atoms with E-state index in [1.54, 1.807) is 33.3 Å². The van der Waals surface area contributed by atoms with Crippen molar-refractivity contribution in [3.8, 4) is 11.5 Å². The van der Waals surface area contributed by atoms with Gasteiger partial charge in [0.1, 0.15) is 6.61 Å². The molecule has 1 aliphatic heterocycles. The molecule has 0 saturated carbocycles. The monoisotopic (exact) mass is 452 g/mol. The van der Waals surface area contributed by atoms with Crippen molar-refractivity contribution < 1.29 is 14.3 Å². The molecule has 1 aliphatic rings. The summed E-state index contributed by atoms with van der Waals surface area (Å²) in [5.41, 5.74) is 1.81.